The first-order valence-electron chi connectivity index (χ1n) is 4.46. The van der Waals surface area contributed by atoms with Crippen molar-refractivity contribution in [2.24, 2.45) is 13.0 Å². The molecular weight excluding hydrogens is 166 g/mol. The molecule has 0 saturated carbocycles. The lowest BCUT2D eigenvalue weighted by atomic mass is 10.2. The predicted molar refractivity (Wildman–Crippen MR) is 49.3 cm³/mol. The quantitative estimate of drug-likeness (QED) is 0.639. The van der Waals surface area contributed by atoms with Crippen LogP contribution in [0.3, 0.4) is 0 Å². The van der Waals surface area contributed by atoms with Crippen molar-refractivity contribution in [1.82, 2.24) is 9.78 Å². The van der Waals surface area contributed by atoms with E-state index in [1.165, 1.54) is 0 Å². The number of carbonyl (C=O) groups is 1. The molecular formula is C9H13N3O. The van der Waals surface area contributed by atoms with E-state index < -0.39 is 0 Å². The number of amides is 1. The minimum atomic E-state index is 0.209. The lowest BCUT2D eigenvalue weighted by Crippen LogP contribution is -2.23. The first-order chi connectivity index (χ1) is 6.16. The van der Waals surface area contributed by atoms with Crippen LogP contribution in [0, 0.1) is 5.92 Å². The second-order valence-corrected chi connectivity index (χ2v) is 3.69. The summed E-state index contributed by atoms with van der Waals surface area (Å²) in [6.07, 6.45) is 4.26. The van der Waals surface area contributed by atoms with Gasteiger partial charge in [0.1, 0.15) is 0 Å². The fourth-order valence-electron chi connectivity index (χ4n) is 1.68. The van der Waals surface area contributed by atoms with Gasteiger partial charge in [0.05, 0.1) is 11.9 Å². The summed E-state index contributed by atoms with van der Waals surface area (Å²) in [5, 5.41) is 4.04. The summed E-state index contributed by atoms with van der Waals surface area (Å²) in [6.45, 7) is 2.92. The Morgan fingerprint density at radius 1 is 1.62 bits per heavy atom. The number of hydrogen-bond acceptors (Lipinski definition) is 2. The molecule has 70 valence electrons. The Morgan fingerprint density at radius 3 is 2.85 bits per heavy atom. The molecule has 0 bridgehead atoms. The van der Waals surface area contributed by atoms with Crippen molar-refractivity contribution in [3.05, 3.63) is 12.4 Å². The molecule has 1 fully saturated rings. The maximum Gasteiger partial charge on any atom is 0.227 e. The highest BCUT2D eigenvalue weighted by Crippen LogP contribution is 2.23. The van der Waals surface area contributed by atoms with Crippen LogP contribution in [0.25, 0.3) is 0 Å². The maximum absolute atomic E-state index is 11.5. The van der Waals surface area contributed by atoms with E-state index in [-0.39, 0.29) is 5.91 Å². The van der Waals surface area contributed by atoms with E-state index >= 15 is 0 Å². The molecule has 1 saturated heterocycles. The Morgan fingerprint density at radius 2 is 2.38 bits per heavy atom. The van der Waals surface area contributed by atoms with Gasteiger partial charge in [-0.2, -0.15) is 5.10 Å². The van der Waals surface area contributed by atoms with Crippen LogP contribution in [0.4, 0.5) is 5.69 Å². The predicted octanol–water partition coefficient (Wildman–Crippen LogP) is 0.793. The minimum Gasteiger partial charge on any atom is -0.309 e. The standard InChI is InChI=1S/C9H13N3O/c1-7-3-9(13)12(5-7)8-4-10-11(2)6-8/h4,6-7H,3,5H2,1-2H3/t7-/m0/s1. The normalized spacial score (nSPS) is 22.8. The number of carbonyl (C=O) groups excluding carboxylic acids is 1. The van der Waals surface area contributed by atoms with Crippen molar-refractivity contribution < 1.29 is 4.79 Å². The highest BCUT2D eigenvalue weighted by molar-refractivity contribution is 5.95. The molecule has 0 radical (unpaired) electrons. The maximum atomic E-state index is 11.5. The third-order valence-electron chi connectivity index (χ3n) is 2.32. The number of rotatable bonds is 1. The molecule has 0 aliphatic carbocycles. The van der Waals surface area contributed by atoms with Crippen LogP contribution < -0.4 is 4.90 Å². The second-order valence-electron chi connectivity index (χ2n) is 3.69. The van der Waals surface area contributed by atoms with E-state index in [4.69, 9.17) is 0 Å². The van der Waals surface area contributed by atoms with Crippen LogP contribution in [-0.2, 0) is 11.8 Å². The smallest absolute Gasteiger partial charge is 0.227 e. The SMILES string of the molecule is C[C@H]1CC(=O)N(c2cnn(C)c2)C1. The van der Waals surface area contributed by atoms with Crippen molar-refractivity contribution in [2.45, 2.75) is 13.3 Å². The number of aryl methyl sites for hydroxylation is 1. The van der Waals surface area contributed by atoms with Gasteiger partial charge in [0, 0.05) is 26.2 Å². The van der Waals surface area contributed by atoms with Crippen molar-refractivity contribution in [3.8, 4) is 0 Å². The molecule has 1 amide bonds. The van der Waals surface area contributed by atoms with Crippen LogP contribution in [0.15, 0.2) is 12.4 Å². The molecule has 0 unspecified atom stereocenters. The largest absolute Gasteiger partial charge is 0.309 e. The first kappa shape index (κ1) is 8.29. The third-order valence-corrected chi connectivity index (χ3v) is 2.32. The van der Waals surface area contributed by atoms with Gasteiger partial charge >= 0.3 is 0 Å². The highest BCUT2D eigenvalue weighted by atomic mass is 16.2. The van der Waals surface area contributed by atoms with Crippen LogP contribution >= 0.6 is 0 Å². The Kier molecular flexibility index (Phi) is 1.83. The Labute approximate surface area is 77.1 Å². The highest BCUT2D eigenvalue weighted by Gasteiger charge is 2.28. The van der Waals surface area contributed by atoms with Gasteiger partial charge in [-0.05, 0) is 5.92 Å². The van der Waals surface area contributed by atoms with E-state index in [1.54, 1.807) is 15.8 Å². The average molecular weight is 179 g/mol. The van der Waals surface area contributed by atoms with Gasteiger partial charge in [-0.1, -0.05) is 6.92 Å². The first-order valence-corrected chi connectivity index (χ1v) is 4.46. The van der Waals surface area contributed by atoms with Gasteiger partial charge in [-0.25, -0.2) is 0 Å². The van der Waals surface area contributed by atoms with E-state index in [0.29, 0.717) is 12.3 Å². The van der Waals surface area contributed by atoms with E-state index in [1.807, 2.05) is 13.2 Å². The van der Waals surface area contributed by atoms with Gasteiger partial charge in [-0.3, -0.25) is 9.48 Å². The molecule has 0 spiro atoms. The zero-order valence-corrected chi connectivity index (χ0v) is 7.90. The van der Waals surface area contributed by atoms with Crippen LogP contribution in [0.2, 0.25) is 0 Å². The Hall–Kier alpha value is -1.32. The zero-order valence-electron chi connectivity index (χ0n) is 7.90. The fourth-order valence-corrected chi connectivity index (χ4v) is 1.68. The van der Waals surface area contributed by atoms with Crippen molar-refractivity contribution in [3.63, 3.8) is 0 Å². The second kappa shape index (κ2) is 2.87. The summed E-state index contributed by atoms with van der Waals surface area (Å²) in [7, 11) is 1.85. The summed E-state index contributed by atoms with van der Waals surface area (Å²) >= 11 is 0. The molecule has 2 heterocycles. The molecule has 1 aliphatic rings. The van der Waals surface area contributed by atoms with Gasteiger partial charge in [0.25, 0.3) is 0 Å². The van der Waals surface area contributed by atoms with Gasteiger partial charge in [0.15, 0.2) is 0 Å². The molecule has 2 rings (SSSR count). The summed E-state index contributed by atoms with van der Waals surface area (Å²) in [5.74, 6) is 0.674. The summed E-state index contributed by atoms with van der Waals surface area (Å²) in [4.78, 5) is 13.3. The van der Waals surface area contributed by atoms with E-state index in [0.717, 1.165) is 12.2 Å². The average Bonchev–Trinajstić information content (AvgIpc) is 2.58. The van der Waals surface area contributed by atoms with Crippen LogP contribution in [0.1, 0.15) is 13.3 Å². The number of anilines is 1. The Balaban J connectivity index is 2.22. The molecule has 0 aromatic carbocycles. The van der Waals surface area contributed by atoms with Crippen LogP contribution in [0.5, 0.6) is 0 Å². The molecule has 4 heteroatoms. The van der Waals surface area contributed by atoms with E-state index in [9.17, 15) is 4.79 Å². The van der Waals surface area contributed by atoms with Gasteiger partial charge in [-0.15, -0.1) is 0 Å². The Bertz CT molecular complexity index is 331. The topological polar surface area (TPSA) is 38.1 Å². The van der Waals surface area contributed by atoms with Crippen molar-refractivity contribution >= 4 is 11.6 Å². The lowest BCUT2D eigenvalue weighted by Gasteiger charge is -2.12. The molecule has 0 N–H and O–H groups in total. The summed E-state index contributed by atoms with van der Waals surface area (Å²) in [5.41, 5.74) is 0.914. The number of hydrogen-bond donors (Lipinski definition) is 0. The van der Waals surface area contributed by atoms with E-state index in [2.05, 4.69) is 12.0 Å². The van der Waals surface area contributed by atoms with Gasteiger partial charge < -0.3 is 4.90 Å². The van der Waals surface area contributed by atoms with Crippen molar-refractivity contribution in [2.75, 3.05) is 11.4 Å². The van der Waals surface area contributed by atoms with Crippen molar-refractivity contribution in [1.29, 1.82) is 0 Å². The number of nitrogens with zero attached hydrogens (tertiary/aromatic N) is 3. The summed E-state index contributed by atoms with van der Waals surface area (Å²) in [6, 6.07) is 0. The minimum absolute atomic E-state index is 0.209. The van der Waals surface area contributed by atoms with Gasteiger partial charge in [0.2, 0.25) is 5.91 Å². The molecule has 13 heavy (non-hydrogen) atoms. The molecule has 1 aromatic heterocycles. The monoisotopic (exact) mass is 179 g/mol. The fraction of sp³-hybridized carbons (Fsp3) is 0.556. The summed E-state index contributed by atoms with van der Waals surface area (Å²) < 4.78 is 1.71. The third kappa shape index (κ3) is 1.43. The van der Waals surface area contributed by atoms with Crippen LogP contribution in [-0.4, -0.2) is 22.2 Å². The molecule has 1 aliphatic heterocycles. The zero-order chi connectivity index (χ0) is 9.42. The molecule has 4 nitrogen and oxygen atoms in total. The lowest BCUT2D eigenvalue weighted by molar-refractivity contribution is -0.117. The molecule has 1 atom stereocenters. The molecule has 1 aromatic rings. The number of aromatic nitrogens is 2.